The lowest BCUT2D eigenvalue weighted by Crippen LogP contribution is -2.10. The van der Waals surface area contributed by atoms with Gasteiger partial charge >= 0.3 is 0 Å². The van der Waals surface area contributed by atoms with E-state index >= 15 is 0 Å². The van der Waals surface area contributed by atoms with Gasteiger partial charge in [0.25, 0.3) is 0 Å². The molecule has 0 amide bonds. The van der Waals surface area contributed by atoms with Gasteiger partial charge in [-0.15, -0.1) is 0 Å². The summed E-state index contributed by atoms with van der Waals surface area (Å²) >= 11 is 0. The van der Waals surface area contributed by atoms with Gasteiger partial charge in [0.05, 0.1) is 16.7 Å². The van der Waals surface area contributed by atoms with Crippen molar-refractivity contribution in [2.24, 2.45) is 0 Å². The van der Waals surface area contributed by atoms with E-state index in [1.54, 1.807) is 0 Å². The summed E-state index contributed by atoms with van der Waals surface area (Å²) in [6.07, 6.45) is 0. The van der Waals surface area contributed by atoms with Gasteiger partial charge < -0.3 is 9.47 Å². The Morgan fingerprint density at radius 3 is 1.55 bits per heavy atom. The van der Waals surface area contributed by atoms with Crippen LogP contribution < -0.4 is 4.90 Å². The van der Waals surface area contributed by atoms with Crippen LogP contribution in [0.3, 0.4) is 0 Å². The van der Waals surface area contributed by atoms with E-state index in [1.807, 2.05) is 0 Å². The first-order valence-corrected chi connectivity index (χ1v) is 22.7. The van der Waals surface area contributed by atoms with Gasteiger partial charge in [-0.25, -0.2) is 0 Å². The fraction of sp³-hybridized carbons (Fsp3) is 0. The average Bonchev–Trinajstić information content (AvgIpc) is 3.74. The highest BCUT2D eigenvalue weighted by atomic mass is 15.1. The summed E-state index contributed by atoms with van der Waals surface area (Å²) in [7, 11) is 0. The van der Waals surface area contributed by atoms with Gasteiger partial charge in [0.2, 0.25) is 0 Å². The summed E-state index contributed by atoms with van der Waals surface area (Å²) in [6.45, 7) is 0. The number of anilines is 3. The molecule has 1 heterocycles. The van der Waals surface area contributed by atoms with Crippen molar-refractivity contribution >= 4 is 49.6 Å². The lowest BCUT2D eigenvalue weighted by atomic mass is 9.84. The fourth-order valence-corrected chi connectivity index (χ4v) is 10.1. The maximum absolute atomic E-state index is 2.43. The van der Waals surface area contributed by atoms with Crippen molar-refractivity contribution < 1.29 is 0 Å². The first kappa shape index (κ1) is 38.9. The van der Waals surface area contributed by atoms with Crippen molar-refractivity contribution in [3.05, 3.63) is 267 Å². The van der Waals surface area contributed by atoms with Crippen LogP contribution in [0.15, 0.2) is 267 Å². The van der Waals surface area contributed by atoms with Gasteiger partial charge in [-0.3, -0.25) is 0 Å². The Hall–Kier alpha value is -8.72. The topological polar surface area (TPSA) is 8.17 Å². The van der Waals surface area contributed by atoms with E-state index in [-0.39, 0.29) is 0 Å². The number of hydrogen-bond donors (Lipinski definition) is 0. The molecule has 2 nitrogen and oxygen atoms in total. The van der Waals surface area contributed by atoms with E-state index in [0.717, 1.165) is 33.9 Å². The molecule has 0 saturated carbocycles. The molecule has 0 aliphatic heterocycles. The third kappa shape index (κ3) is 6.84. The molecule has 0 saturated heterocycles. The number of rotatable bonds is 9. The monoisotopic (exact) mass is 840 g/mol. The van der Waals surface area contributed by atoms with Crippen molar-refractivity contribution in [3.63, 3.8) is 0 Å². The standard InChI is InChI=1S/C64H44N2/c1-4-20-45(21-5-1)53-30-12-13-32-58(53)63-55(47-22-6-2-7-23-47)34-18-35-56(63)48-40-42-51(43-41-48)65(60-38-17-25-46-24-10-11-31-54(46)60)52-29-16-26-49(44-52)57-36-19-39-62-64(57)59-33-14-15-37-61(59)66(62)50-27-8-3-9-28-50/h1-44H. The van der Waals surface area contributed by atoms with E-state index in [4.69, 9.17) is 0 Å². The second-order valence-electron chi connectivity index (χ2n) is 16.8. The minimum Gasteiger partial charge on any atom is -0.310 e. The lowest BCUT2D eigenvalue weighted by molar-refractivity contribution is 1.18. The van der Waals surface area contributed by atoms with Crippen LogP contribution in [0.25, 0.3) is 93.9 Å². The number of nitrogens with zero attached hydrogens (tertiary/aromatic N) is 2. The van der Waals surface area contributed by atoms with Crippen LogP contribution in [-0.2, 0) is 0 Å². The number of fused-ring (bicyclic) bond motifs is 4. The van der Waals surface area contributed by atoms with Gasteiger partial charge in [0, 0.05) is 33.2 Å². The van der Waals surface area contributed by atoms with E-state index in [0.29, 0.717) is 0 Å². The number of hydrogen-bond acceptors (Lipinski definition) is 1. The smallest absolute Gasteiger partial charge is 0.0547 e. The average molecular weight is 841 g/mol. The van der Waals surface area contributed by atoms with Crippen molar-refractivity contribution in [2.45, 2.75) is 0 Å². The molecule has 0 unspecified atom stereocenters. The summed E-state index contributed by atoms with van der Waals surface area (Å²) < 4.78 is 2.39. The number of aromatic nitrogens is 1. The lowest BCUT2D eigenvalue weighted by Gasteiger charge is -2.28. The molecule has 0 bridgehead atoms. The molecule has 66 heavy (non-hydrogen) atoms. The van der Waals surface area contributed by atoms with Gasteiger partial charge in [-0.2, -0.15) is 0 Å². The van der Waals surface area contributed by atoms with E-state index in [9.17, 15) is 0 Å². The second kappa shape index (κ2) is 16.8. The van der Waals surface area contributed by atoms with Crippen molar-refractivity contribution in [2.75, 3.05) is 4.90 Å². The molecular weight excluding hydrogens is 797 g/mol. The Kier molecular flexibility index (Phi) is 9.89. The van der Waals surface area contributed by atoms with Crippen LogP contribution in [-0.4, -0.2) is 4.57 Å². The van der Waals surface area contributed by atoms with Gasteiger partial charge in [-0.05, 0) is 116 Å². The van der Waals surface area contributed by atoms with Crippen molar-refractivity contribution in [1.82, 2.24) is 4.57 Å². The van der Waals surface area contributed by atoms with Crippen molar-refractivity contribution in [1.29, 1.82) is 0 Å². The van der Waals surface area contributed by atoms with E-state index < -0.39 is 0 Å². The predicted molar refractivity (Wildman–Crippen MR) is 280 cm³/mol. The fourth-order valence-electron chi connectivity index (χ4n) is 10.1. The SMILES string of the molecule is c1ccc(-c2ccccc2-c2c(-c3ccccc3)cccc2-c2ccc(N(c3cccc(-c4cccc5c4c4ccccc4n5-c4ccccc4)c3)c3cccc4ccccc34)cc2)cc1. The summed E-state index contributed by atoms with van der Waals surface area (Å²) in [5.41, 5.74) is 18.8. The Labute approximate surface area is 385 Å². The molecule has 0 spiro atoms. The zero-order valence-corrected chi connectivity index (χ0v) is 36.3. The third-order valence-electron chi connectivity index (χ3n) is 13.0. The first-order valence-electron chi connectivity index (χ1n) is 22.7. The molecule has 310 valence electrons. The molecule has 0 fully saturated rings. The Morgan fingerprint density at radius 2 is 0.788 bits per heavy atom. The Balaban J connectivity index is 1.03. The summed E-state index contributed by atoms with van der Waals surface area (Å²) in [5, 5.41) is 4.88. The van der Waals surface area contributed by atoms with Gasteiger partial charge in [0.1, 0.15) is 0 Å². The summed E-state index contributed by atoms with van der Waals surface area (Å²) in [5.74, 6) is 0. The maximum atomic E-state index is 2.43. The van der Waals surface area contributed by atoms with Crippen molar-refractivity contribution in [3.8, 4) is 61.3 Å². The van der Waals surface area contributed by atoms with Crippen LogP contribution in [0.5, 0.6) is 0 Å². The van der Waals surface area contributed by atoms with Crippen LogP contribution in [0.1, 0.15) is 0 Å². The minimum absolute atomic E-state index is 1.08. The zero-order chi connectivity index (χ0) is 43.8. The van der Waals surface area contributed by atoms with E-state index in [1.165, 1.54) is 77.1 Å². The highest BCUT2D eigenvalue weighted by Crippen LogP contribution is 2.46. The van der Waals surface area contributed by atoms with Crippen LogP contribution in [0.4, 0.5) is 17.1 Å². The van der Waals surface area contributed by atoms with Gasteiger partial charge in [0.15, 0.2) is 0 Å². The van der Waals surface area contributed by atoms with Gasteiger partial charge in [-0.1, -0.05) is 212 Å². The molecule has 0 aliphatic carbocycles. The van der Waals surface area contributed by atoms with Crippen LogP contribution >= 0.6 is 0 Å². The van der Waals surface area contributed by atoms with E-state index in [2.05, 4.69) is 276 Å². The Bertz CT molecular complexity index is 3680. The summed E-state index contributed by atoms with van der Waals surface area (Å²) in [6, 6.07) is 96.9. The molecule has 0 N–H and O–H groups in total. The molecule has 1 aromatic heterocycles. The quantitative estimate of drug-likeness (QED) is 0.141. The molecule has 12 aromatic rings. The molecule has 0 radical (unpaired) electrons. The minimum atomic E-state index is 1.08. The molecule has 11 aromatic carbocycles. The third-order valence-corrected chi connectivity index (χ3v) is 13.0. The second-order valence-corrected chi connectivity index (χ2v) is 16.8. The highest BCUT2D eigenvalue weighted by Gasteiger charge is 2.21. The predicted octanol–water partition coefficient (Wildman–Crippen LogP) is 17.7. The van der Waals surface area contributed by atoms with Crippen LogP contribution in [0, 0.1) is 0 Å². The van der Waals surface area contributed by atoms with Crippen LogP contribution in [0.2, 0.25) is 0 Å². The zero-order valence-electron chi connectivity index (χ0n) is 36.3. The first-order chi connectivity index (χ1) is 32.8. The maximum Gasteiger partial charge on any atom is 0.0547 e. The molecule has 0 atom stereocenters. The normalized spacial score (nSPS) is 11.3. The largest absolute Gasteiger partial charge is 0.310 e. The highest BCUT2D eigenvalue weighted by molar-refractivity contribution is 6.16. The molecular formula is C64H44N2. The Morgan fingerprint density at radius 1 is 0.288 bits per heavy atom. The molecule has 12 rings (SSSR count). The molecule has 0 aliphatic rings. The summed E-state index contributed by atoms with van der Waals surface area (Å²) in [4.78, 5) is 2.43. The molecule has 2 heteroatoms. The number of benzene rings is 11. The number of para-hydroxylation sites is 2.